The fourth-order valence-electron chi connectivity index (χ4n) is 6.86. The molecule has 0 aromatic carbocycles. The first-order chi connectivity index (χ1) is 21.3. The quantitative estimate of drug-likeness (QED) is 0.0540. The minimum Gasteiger partial charge on any atom is -0.234 e. The molecule has 0 spiro atoms. The van der Waals surface area contributed by atoms with Gasteiger partial charge in [0.2, 0.25) is 0 Å². The number of imidazole rings is 1. The summed E-state index contributed by atoms with van der Waals surface area (Å²) in [5.41, 5.74) is 0. The number of nitrogens with zero attached hydrogens (tertiary/aromatic N) is 2. The maximum atomic E-state index is 2.63. The smallest absolute Gasteiger partial charge is 0.234 e. The Bertz CT molecular complexity index is 663. The molecule has 1 aromatic rings. The number of hydrogen-bond acceptors (Lipinski definition) is 0. The van der Waals surface area contributed by atoms with E-state index >= 15 is 0 Å². The summed E-state index contributed by atoms with van der Waals surface area (Å²) in [5.74, 6) is 1.62. The van der Waals surface area contributed by atoms with Crippen LogP contribution in [-0.4, -0.2) is 4.57 Å². The van der Waals surface area contributed by atoms with Crippen molar-refractivity contribution in [2.45, 2.75) is 246 Å². The van der Waals surface area contributed by atoms with E-state index in [1.54, 1.807) is 5.82 Å². The highest BCUT2D eigenvalue weighted by molar-refractivity contribution is 4.84. The van der Waals surface area contributed by atoms with Gasteiger partial charge in [-0.2, -0.15) is 0 Å². The second-order valence-electron chi connectivity index (χ2n) is 14.1. The molecule has 0 saturated carbocycles. The van der Waals surface area contributed by atoms with Crippen LogP contribution in [0.2, 0.25) is 0 Å². The monoisotopic (exact) mass is 602 g/mol. The van der Waals surface area contributed by atoms with Gasteiger partial charge in [-0.25, -0.2) is 9.13 Å². The third-order valence-electron chi connectivity index (χ3n) is 9.85. The van der Waals surface area contributed by atoms with Crippen molar-refractivity contribution in [2.75, 3.05) is 0 Å². The summed E-state index contributed by atoms with van der Waals surface area (Å²) >= 11 is 0. The molecule has 0 atom stereocenters. The SMILES string of the molecule is CCCCCCCCCCCCCCCCc1n(CCCCCCC)cc[n+]1CCCCCCCCCCCCCCC. The van der Waals surface area contributed by atoms with Crippen LogP contribution in [0.15, 0.2) is 12.4 Å². The number of hydrogen-bond donors (Lipinski definition) is 0. The molecule has 0 unspecified atom stereocenters. The van der Waals surface area contributed by atoms with Gasteiger partial charge in [0.15, 0.2) is 0 Å². The Morgan fingerprint density at radius 1 is 0.395 bits per heavy atom. The van der Waals surface area contributed by atoms with Gasteiger partial charge in [0, 0.05) is 6.42 Å². The summed E-state index contributed by atoms with van der Waals surface area (Å²) in [6.45, 7) is 9.40. The molecule has 1 rings (SSSR count). The maximum Gasteiger partial charge on any atom is 0.256 e. The lowest BCUT2D eigenvalue weighted by Crippen LogP contribution is -2.37. The zero-order chi connectivity index (χ0) is 30.9. The third-order valence-corrected chi connectivity index (χ3v) is 9.85. The highest BCUT2D eigenvalue weighted by Crippen LogP contribution is 2.15. The van der Waals surface area contributed by atoms with Gasteiger partial charge in [-0.3, -0.25) is 0 Å². The minimum absolute atomic E-state index is 1.23. The second-order valence-corrected chi connectivity index (χ2v) is 14.1. The molecule has 0 fully saturated rings. The summed E-state index contributed by atoms with van der Waals surface area (Å²) in [6, 6.07) is 0. The van der Waals surface area contributed by atoms with E-state index in [4.69, 9.17) is 0 Å². The molecule has 0 amide bonds. The average molecular weight is 602 g/mol. The molecule has 0 saturated heterocycles. The first kappa shape index (κ1) is 40.2. The summed E-state index contributed by atoms with van der Waals surface area (Å²) in [6.07, 6.45) is 51.9. The van der Waals surface area contributed by atoms with Crippen molar-refractivity contribution in [3.05, 3.63) is 18.2 Å². The first-order valence-electron chi connectivity index (χ1n) is 20.4. The van der Waals surface area contributed by atoms with E-state index in [1.165, 1.54) is 225 Å². The Hall–Kier alpha value is -0.790. The first-order valence-corrected chi connectivity index (χ1v) is 20.4. The molecule has 43 heavy (non-hydrogen) atoms. The number of aryl methyl sites for hydroxylation is 2. The molecule has 0 aliphatic rings. The van der Waals surface area contributed by atoms with Gasteiger partial charge in [-0.05, 0) is 32.1 Å². The Balaban J connectivity index is 2.20. The highest BCUT2D eigenvalue weighted by atomic mass is 15.1. The summed E-state index contributed by atoms with van der Waals surface area (Å²) in [5, 5.41) is 0. The lowest BCUT2D eigenvalue weighted by molar-refractivity contribution is -0.704. The van der Waals surface area contributed by atoms with Crippen LogP contribution >= 0.6 is 0 Å². The normalized spacial score (nSPS) is 11.6. The number of aromatic nitrogens is 2. The van der Waals surface area contributed by atoms with Crippen molar-refractivity contribution >= 4 is 0 Å². The van der Waals surface area contributed by atoms with Crippen LogP contribution in [0, 0.1) is 0 Å². The minimum atomic E-state index is 1.23. The Morgan fingerprint density at radius 3 is 1.12 bits per heavy atom. The molecule has 2 heteroatoms. The van der Waals surface area contributed by atoms with Crippen LogP contribution in [0.3, 0.4) is 0 Å². The standard InChI is InChI=1S/C41H81N2/c1-4-7-10-13-15-17-19-21-22-24-26-28-30-33-36-41-42(37-34-31-12-9-6-3)39-40-43(41)38-35-32-29-27-25-23-20-18-16-14-11-8-5-2/h39-40H,4-38H2,1-3H3/q+1. The van der Waals surface area contributed by atoms with Gasteiger partial charge in [0.1, 0.15) is 12.4 Å². The van der Waals surface area contributed by atoms with E-state index in [2.05, 4.69) is 42.3 Å². The van der Waals surface area contributed by atoms with Gasteiger partial charge < -0.3 is 0 Å². The van der Waals surface area contributed by atoms with Gasteiger partial charge in [0.25, 0.3) is 5.82 Å². The zero-order valence-electron chi connectivity index (χ0n) is 30.3. The van der Waals surface area contributed by atoms with Crippen molar-refractivity contribution in [3.8, 4) is 0 Å². The largest absolute Gasteiger partial charge is 0.256 e. The Morgan fingerprint density at radius 2 is 0.721 bits per heavy atom. The van der Waals surface area contributed by atoms with E-state index in [0.29, 0.717) is 0 Å². The van der Waals surface area contributed by atoms with Crippen molar-refractivity contribution in [1.29, 1.82) is 0 Å². The van der Waals surface area contributed by atoms with Gasteiger partial charge >= 0.3 is 0 Å². The number of unbranched alkanes of at least 4 members (excludes halogenated alkanes) is 29. The summed E-state index contributed by atoms with van der Waals surface area (Å²) in [7, 11) is 0. The van der Waals surface area contributed by atoms with Crippen LogP contribution < -0.4 is 4.57 Å². The molecule has 1 heterocycles. The van der Waals surface area contributed by atoms with Crippen LogP contribution in [0.5, 0.6) is 0 Å². The summed E-state index contributed by atoms with van der Waals surface area (Å²) in [4.78, 5) is 0. The van der Waals surface area contributed by atoms with Gasteiger partial charge in [-0.15, -0.1) is 0 Å². The Kier molecular flexibility index (Phi) is 30.5. The van der Waals surface area contributed by atoms with Crippen LogP contribution in [0.25, 0.3) is 0 Å². The highest BCUT2D eigenvalue weighted by Gasteiger charge is 2.16. The summed E-state index contributed by atoms with van der Waals surface area (Å²) < 4.78 is 5.25. The van der Waals surface area contributed by atoms with Crippen molar-refractivity contribution in [1.82, 2.24) is 4.57 Å². The third kappa shape index (κ3) is 25.1. The molecule has 1 aromatic heterocycles. The lowest BCUT2D eigenvalue weighted by Gasteiger charge is -2.07. The van der Waals surface area contributed by atoms with E-state index in [0.717, 1.165) is 0 Å². The van der Waals surface area contributed by atoms with Gasteiger partial charge in [-0.1, -0.05) is 194 Å². The average Bonchev–Trinajstić information content (AvgIpc) is 3.40. The van der Waals surface area contributed by atoms with Crippen molar-refractivity contribution in [3.63, 3.8) is 0 Å². The van der Waals surface area contributed by atoms with Gasteiger partial charge in [0.05, 0.1) is 13.1 Å². The van der Waals surface area contributed by atoms with E-state index in [1.807, 2.05) is 0 Å². The Labute approximate surface area is 272 Å². The van der Waals surface area contributed by atoms with E-state index in [9.17, 15) is 0 Å². The molecule has 0 bridgehead atoms. The number of rotatable bonds is 35. The van der Waals surface area contributed by atoms with E-state index < -0.39 is 0 Å². The molecule has 254 valence electrons. The molecular formula is C41H81N2+. The molecule has 0 radical (unpaired) electrons. The predicted octanol–water partition coefficient (Wildman–Crippen LogP) is 13.9. The molecular weight excluding hydrogens is 520 g/mol. The predicted molar refractivity (Wildman–Crippen MR) is 193 cm³/mol. The van der Waals surface area contributed by atoms with Crippen molar-refractivity contribution < 1.29 is 4.57 Å². The zero-order valence-corrected chi connectivity index (χ0v) is 30.3. The molecule has 0 N–H and O–H groups in total. The second kappa shape index (κ2) is 32.6. The molecule has 2 nitrogen and oxygen atoms in total. The van der Waals surface area contributed by atoms with Crippen LogP contribution in [0.1, 0.15) is 232 Å². The van der Waals surface area contributed by atoms with Crippen LogP contribution in [-0.2, 0) is 19.5 Å². The lowest BCUT2D eigenvalue weighted by atomic mass is 10.0. The fraction of sp³-hybridized carbons (Fsp3) is 0.927. The fourth-order valence-corrected chi connectivity index (χ4v) is 6.86. The van der Waals surface area contributed by atoms with Crippen molar-refractivity contribution in [2.24, 2.45) is 0 Å². The molecule has 0 aliphatic heterocycles. The van der Waals surface area contributed by atoms with E-state index in [-0.39, 0.29) is 0 Å². The van der Waals surface area contributed by atoms with Crippen LogP contribution in [0.4, 0.5) is 0 Å². The molecule has 0 aliphatic carbocycles. The topological polar surface area (TPSA) is 8.81 Å². The maximum absolute atomic E-state index is 2.63.